The molecule has 1 atom stereocenters. The third kappa shape index (κ3) is 6.97. The molecule has 6 heteroatoms. The van der Waals surface area contributed by atoms with Gasteiger partial charge in [0.1, 0.15) is 6.04 Å². The zero-order valence-electron chi connectivity index (χ0n) is 17.3. The highest BCUT2D eigenvalue weighted by Gasteiger charge is 2.29. The molecule has 3 aromatic carbocycles. The van der Waals surface area contributed by atoms with Gasteiger partial charge in [-0.05, 0) is 35.4 Å². The summed E-state index contributed by atoms with van der Waals surface area (Å²) in [6.07, 6.45) is 0.455. The fourth-order valence-electron chi connectivity index (χ4n) is 3.30. The lowest BCUT2D eigenvalue weighted by atomic mass is 10.0. The molecule has 0 fully saturated rings. The molecule has 0 aliphatic rings. The van der Waals surface area contributed by atoms with Crippen molar-refractivity contribution in [2.75, 3.05) is 12.8 Å². The standard InChI is InChI=1S/C25H25BrN2O2S/c1-27-25(30)23(16-19-9-4-2-5-10-19)28(17-20-11-8-12-21(26)15-20)24(29)18-31-22-13-6-3-7-14-22/h2-15,23H,16-18H2,1H3,(H,27,30). The summed E-state index contributed by atoms with van der Waals surface area (Å²) in [4.78, 5) is 29.0. The van der Waals surface area contributed by atoms with Crippen molar-refractivity contribution in [1.82, 2.24) is 10.2 Å². The molecule has 0 spiro atoms. The molecule has 1 unspecified atom stereocenters. The molecular formula is C25H25BrN2O2S. The second kappa shape index (κ2) is 11.7. The molecule has 160 valence electrons. The number of nitrogens with zero attached hydrogens (tertiary/aromatic N) is 1. The van der Waals surface area contributed by atoms with Crippen LogP contribution in [0.4, 0.5) is 0 Å². The van der Waals surface area contributed by atoms with Gasteiger partial charge in [0, 0.05) is 29.4 Å². The number of carbonyl (C=O) groups is 2. The fourth-order valence-corrected chi connectivity index (χ4v) is 4.55. The average molecular weight is 497 g/mol. The summed E-state index contributed by atoms with van der Waals surface area (Å²) >= 11 is 4.98. The van der Waals surface area contributed by atoms with Gasteiger partial charge in [-0.3, -0.25) is 9.59 Å². The summed E-state index contributed by atoms with van der Waals surface area (Å²) in [5.74, 6) is 0.0237. The summed E-state index contributed by atoms with van der Waals surface area (Å²) < 4.78 is 0.940. The van der Waals surface area contributed by atoms with Gasteiger partial charge in [-0.25, -0.2) is 0 Å². The van der Waals surface area contributed by atoms with E-state index in [-0.39, 0.29) is 17.6 Å². The Morgan fingerprint density at radius 3 is 2.23 bits per heavy atom. The third-order valence-corrected chi connectivity index (χ3v) is 6.35. The average Bonchev–Trinajstić information content (AvgIpc) is 2.80. The Labute approximate surface area is 196 Å². The van der Waals surface area contributed by atoms with E-state index < -0.39 is 6.04 Å². The second-order valence-electron chi connectivity index (χ2n) is 7.07. The quantitative estimate of drug-likeness (QED) is 0.427. The van der Waals surface area contributed by atoms with Crippen LogP contribution in [0, 0.1) is 0 Å². The number of rotatable bonds is 9. The molecule has 0 radical (unpaired) electrons. The number of likely N-dealkylation sites (N-methyl/N-ethyl adjacent to an activating group) is 1. The van der Waals surface area contributed by atoms with Crippen molar-refractivity contribution < 1.29 is 9.59 Å². The Morgan fingerprint density at radius 2 is 1.58 bits per heavy atom. The summed E-state index contributed by atoms with van der Waals surface area (Å²) in [6.45, 7) is 0.360. The molecule has 1 N–H and O–H groups in total. The first-order valence-electron chi connectivity index (χ1n) is 10.0. The molecule has 0 bridgehead atoms. The summed E-state index contributed by atoms with van der Waals surface area (Å²) in [5.41, 5.74) is 1.98. The zero-order valence-corrected chi connectivity index (χ0v) is 19.7. The van der Waals surface area contributed by atoms with Crippen LogP contribution in [0.2, 0.25) is 0 Å². The van der Waals surface area contributed by atoms with E-state index in [1.807, 2.05) is 84.9 Å². The van der Waals surface area contributed by atoms with Crippen molar-refractivity contribution in [2.45, 2.75) is 23.9 Å². The van der Waals surface area contributed by atoms with Crippen LogP contribution in [0.1, 0.15) is 11.1 Å². The molecule has 0 aliphatic heterocycles. The highest BCUT2D eigenvalue weighted by atomic mass is 79.9. The number of benzene rings is 3. The second-order valence-corrected chi connectivity index (χ2v) is 9.04. The Hall–Kier alpha value is -2.57. The minimum Gasteiger partial charge on any atom is -0.357 e. The van der Waals surface area contributed by atoms with E-state index in [0.29, 0.717) is 13.0 Å². The summed E-state index contributed by atoms with van der Waals surface area (Å²) in [6, 6.07) is 26.9. The molecule has 4 nitrogen and oxygen atoms in total. The van der Waals surface area contributed by atoms with Gasteiger partial charge in [0.2, 0.25) is 11.8 Å². The summed E-state index contributed by atoms with van der Waals surface area (Å²) in [5, 5.41) is 2.74. The van der Waals surface area contributed by atoms with Crippen molar-refractivity contribution in [3.05, 3.63) is 101 Å². The lowest BCUT2D eigenvalue weighted by molar-refractivity contribution is -0.139. The first-order valence-corrected chi connectivity index (χ1v) is 11.8. The van der Waals surface area contributed by atoms with Gasteiger partial charge in [0.25, 0.3) is 0 Å². The molecule has 0 saturated heterocycles. The topological polar surface area (TPSA) is 49.4 Å². The van der Waals surface area contributed by atoms with Crippen LogP contribution in [-0.2, 0) is 22.6 Å². The number of carbonyl (C=O) groups excluding carboxylic acids is 2. The lowest BCUT2D eigenvalue weighted by Gasteiger charge is -2.31. The van der Waals surface area contributed by atoms with Crippen molar-refractivity contribution in [2.24, 2.45) is 0 Å². The van der Waals surface area contributed by atoms with Crippen LogP contribution < -0.4 is 5.32 Å². The van der Waals surface area contributed by atoms with Crippen LogP contribution >= 0.6 is 27.7 Å². The number of thioether (sulfide) groups is 1. The minimum absolute atomic E-state index is 0.0710. The van der Waals surface area contributed by atoms with E-state index in [4.69, 9.17) is 0 Å². The first kappa shape index (κ1) is 23.1. The highest BCUT2D eigenvalue weighted by molar-refractivity contribution is 9.10. The predicted molar refractivity (Wildman–Crippen MR) is 130 cm³/mol. The maximum absolute atomic E-state index is 13.4. The van der Waals surface area contributed by atoms with Gasteiger partial charge in [0.15, 0.2) is 0 Å². The third-order valence-electron chi connectivity index (χ3n) is 4.86. The number of amides is 2. The van der Waals surface area contributed by atoms with Crippen LogP contribution in [0.25, 0.3) is 0 Å². The smallest absolute Gasteiger partial charge is 0.242 e. The molecule has 3 rings (SSSR count). The van der Waals surface area contributed by atoms with Crippen LogP contribution in [0.15, 0.2) is 94.3 Å². The normalized spacial score (nSPS) is 11.5. The van der Waals surface area contributed by atoms with E-state index in [0.717, 1.165) is 20.5 Å². The number of nitrogens with one attached hydrogen (secondary N) is 1. The Morgan fingerprint density at radius 1 is 0.935 bits per heavy atom. The van der Waals surface area contributed by atoms with E-state index in [1.165, 1.54) is 11.8 Å². The van der Waals surface area contributed by atoms with Crippen molar-refractivity contribution in [3.8, 4) is 0 Å². The van der Waals surface area contributed by atoms with E-state index in [1.54, 1.807) is 11.9 Å². The summed E-state index contributed by atoms with van der Waals surface area (Å²) in [7, 11) is 1.61. The van der Waals surface area contributed by atoms with Crippen molar-refractivity contribution in [1.29, 1.82) is 0 Å². The number of hydrogen-bond donors (Lipinski definition) is 1. The molecule has 31 heavy (non-hydrogen) atoms. The number of halogens is 1. The molecule has 0 saturated carbocycles. The van der Waals surface area contributed by atoms with Crippen molar-refractivity contribution >= 4 is 39.5 Å². The Balaban J connectivity index is 1.87. The minimum atomic E-state index is -0.602. The van der Waals surface area contributed by atoms with Crippen LogP contribution in [-0.4, -0.2) is 35.6 Å². The number of hydrogen-bond acceptors (Lipinski definition) is 3. The molecule has 0 aromatic heterocycles. The maximum Gasteiger partial charge on any atom is 0.242 e. The van der Waals surface area contributed by atoms with Gasteiger partial charge in [-0.1, -0.05) is 76.6 Å². The van der Waals surface area contributed by atoms with E-state index >= 15 is 0 Å². The fraction of sp³-hybridized carbons (Fsp3) is 0.200. The largest absolute Gasteiger partial charge is 0.357 e. The van der Waals surface area contributed by atoms with Crippen molar-refractivity contribution in [3.63, 3.8) is 0 Å². The maximum atomic E-state index is 13.4. The monoisotopic (exact) mass is 496 g/mol. The molecule has 3 aromatic rings. The van der Waals surface area contributed by atoms with Gasteiger partial charge in [-0.15, -0.1) is 11.8 Å². The van der Waals surface area contributed by atoms with Gasteiger partial charge in [-0.2, -0.15) is 0 Å². The van der Waals surface area contributed by atoms with Crippen LogP contribution in [0.3, 0.4) is 0 Å². The predicted octanol–water partition coefficient (Wildman–Crippen LogP) is 4.93. The SMILES string of the molecule is CNC(=O)C(Cc1ccccc1)N(Cc1cccc(Br)c1)C(=O)CSc1ccccc1. The molecule has 2 amide bonds. The lowest BCUT2D eigenvalue weighted by Crippen LogP contribution is -2.50. The zero-order chi connectivity index (χ0) is 22.1. The molecular weight excluding hydrogens is 472 g/mol. The first-order chi connectivity index (χ1) is 15.1. The Kier molecular flexibility index (Phi) is 8.74. The molecule has 0 aliphatic carbocycles. The van der Waals surface area contributed by atoms with Gasteiger partial charge in [0.05, 0.1) is 5.75 Å². The van der Waals surface area contributed by atoms with Gasteiger partial charge < -0.3 is 10.2 Å². The van der Waals surface area contributed by atoms with E-state index in [9.17, 15) is 9.59 Å². The highest BCUT2D eigenvalue weighted by Crippen LogP contribution is 2.21. The molecule has 0 heterocycles. The van der Waals surface area contributed by atoms with Crippen LogP contribution in [0.5, 0.6) is 0 Å². The Bertz CT molecular complexity index is 999. The van der Waals surface area contributed by atoms with E-state index in [2.05, 4.69) is 21.2 Å². The van der Waals surface area contributed by atoms with Gasteiger partial charge >= 0.3 is 0 Å².